The number of rotatable bonds is 4. The molecule has 0 amide bonds. The molecular formula is C14H23ClN2O2S. The highest BCUT2D eigenvalue weighted by atomic mass is 35.5. The van der Waals surface area contributed by atoms with E-state index >= 15 is 0 Å². The Labute approximate surface area is 127 Å². The quantitative estimate of drug-likeness (QED) is 0.893. The Bertz CT molecular complexity index is 523. The van der Waals surface area contributed by atoms with E-state index < -0.39 is 10.0 Å². The zero-order chi connectivity index (χ0) is 13.9. The highest BCUT2D eigenvalue weighted by molar-refractivity contribution is 7.89. The molecule has 0 aliphatic carbocycles. The van der Waals surface area contributed by atoms with E-state index in [0.29, 0.717) is 11.4 Å². The normalized spacial score (nSPS) is 23.1. The van der Waals surface area contributed by atoms with Gasteiger partial charge in [-0.15, -0.1) is 12.4 Å². The van der Waals surface area contributed by atoms with Gasteiger partial charge >= 0.3 is 0 Å². The van der Waals surface area contributed by atoms with Gasteiger partial charge in [0.1, 0.15) is 0 Å². The van der Waals surface area contributed by atoms with Gasteiger partial charge in [0.15, 0.2) is 0 Å². The van der Waals surface area contributed by atoms with E-state index in [1.807, 2.05) is 19.1 Å². The van der Waals surface area contributed by atoms with Crippen molar-refractivity contribution in [3.05, 3.63) is 29.8 Å². The van der Waals surface area contributed by atoms with Crippen molar-refractivity contribution in [3.8, 4) is 0 Å². The van der Waals surface area contributed by atoms with E-state index in [1.54, 1.807) is 12.1 Å². The molecule has 1 aliphatic rings. The minimum absolute atomic E-state index is 0. The summed E-state index contributed by atoms with van der Waals surface area (Å²) in [7, 11) is -3.39. The van der Waals surface area contributed by atoms with Gasteiger partial charge in [0.05, 0.1) is 4.90 Å². The van der Waals surface area contributed by atoms with Crippen LogP contribution in [0.4, 0.5) is 0 Å². The van der Waals surface area contributed by atoms with Gasteiger partial charge < -0.3 is 5.32 Å². The maximum atomic E-state index is 12.2. The average Bonchev–Trinajstić information content (AvgIpc) is 2.38. The van der Waals surface area contributed by atoms with Crippen molar-refractivity contribution in [2.24, 2.45) is 5.41 Å². The molecule has 1 heterocycles. The Morgan fingerprint density at radius 3 is 2.50 bits per heavy atom. The van der Waals surface area contributed by atoms with Crippen molar-refractivity contribution in [1.82, 2.24) is 10.0 Å². The third-order valence-corrected chi connectivity index (χ3v) is 5.12. The third-order valence-electron chi connectivity index (χ3n) is 3.71. The predicted octanol–water partition coefficient (Wildman–Crippen LogP) is 2.08. The molecule has 20 heavy (non-hydrogen) atoms. The van der Waals surface area contributed by atoms with Crippen LogP contribution in [0.3, 0.4) is 0 Å². The largest absolute Gasteiger partial charge is 0.316 e. The molecule has 0 radical (unpaired) electrons. The zero-order valence-corrected chi connectivity index (χ0v) is 13.6. The van der Waals surface area contributed by atoms with Gasteiger partial charge in [0.25, 0.3) is 0 Å². The van der Waals surface area contributed by atoms with Crippen LogP contribution in [0.1, 0.15) is 25.3 Å². The van der Waals surface area contributed by atoms with E-state index in [0.717, 1.165) is 31.5 Å². The third kappa shape index (κ3) is 4.45. The van der Waals surface area contributed by atoms with Crippen LogP contribution in [0, 0.1) is 12.3 Å². The first-order valence-corrected chi connectivity index (χ1v) is 8.17. The van der Waals surface area contributed by atoms with E-state index in [4.69, 9.17) is 0 Å². The van der Waals surface area contributed by atoms with Crippen LogP contribution in [-0.4, -0.2) is 28.1 Å². The monoisotopic (exact) mass is 318 g/mol. The van der Waals surface area contributed by atoms with Crippen molar-refractivity contribution < 1.29 is 8.42 Å². The fraction of sp³-hybridized carbons (Fsp3) is 0.571. The smallest absolute Gasteiger partial charge is 0.240 e. The fourth-order valence-corrected chi connectivity index (χ4v) is 3.54. The van der Waals surface area contributed by atoms with Crippen LogP contribution in [0.2, 0.25) is 0 Å². The van der Waals surface area contributed by atoms with Gasteiger partial charge in [-0.2, -0.15) is 0 Å². The second kappa shape index (κ2) is 6.89. The van der Waals surface area contributed by atoms with Crippen molar-refractivity contribution in [2.45, 2.75) is 31.6 Å². The number of halogens is 1. The van der Waals surface area contributed by atoms with E-state index in [9.17, 15) is 8.42 Å². The molecule has 0 saturated carbocycles. The number of piperidine rings is 1. The summed E-state index contributed by atoms with van der Waals surface area (Å²) in [6, 6.07) is 6.94. The lowest BCUT2D eigenvalue weighted by Crippen LogP contribution is -2.45. The van der Waals surface area contributed by atoms with Gasteiger partial charge in [-0.25, -0.2) is 13.1 Å². The molecule has 4 nitrogen and oxygen atoms in total. The Balaban J connectivity index is 0.00000200. The van der Waals surface area contributed by atoms with Crippen LogP contribution in [-0.2, 0) is 10.0 Å². The zero-order valence-electron chi connectivity index (χ0n) is 12.0. The van der Waals surface area contributed by atoms with Crippen LogP contribution in [0.15, 0.2) is 29.2 Å². The van der Waals surface area contributed by atoms with Gasteiger partial charge in [-0.3, -0.25) is 0 Å². The summed E-state index contributed by atoms with van der Waals surface area (Å²) < 4.78 is 27.1. The molecule has 6 heteroatoms. The number of sulfonamides is 1. The summed E-state index contributed by atoms with van der Waals surface area (Å²) in [6.07, 6.45) is 2.15. The number of nitrogens with one attached hydrogen (secondary N) is 2. The Kier molecular flexibility index (Phi) is 6.01. The molecule has 0 spiro atoms. The first kappa shape index (κ1) is 17.4. The summed E-state index contributed by atoms with van der Waals surface area (Å²) in [5.41, 5.74) is 1.07. The number of aryl methyl sites for hydroxylation is 1. The number of hydrogen-bond donors (Lipinski definition) is 2. The molecule has 114 valence electrons. The predicted molar refractivity (Wildman–Crippen MR) is 83.8 cm³/mol. The van der Waals surface area contributed by atoms with Crippen molar-refractivity contribution in [3.63, 3.8) is 0 Å². The highest BCUT2D eigenvalue weighted by Gasteiger charge is 2.28. The Hall–Kier alpha value is -0.620. The van der Waals surface area contributed by atoms with E-state index in [-0.39, 0.29) is 17.8 Å². The molecule has 1 aromatic rings. The molecule has 0 aromatic heterocycles. The van der Waals surface area contributed by atoms with Crippen LogP contribution < -0.4 is 10.0 Å². The first-order valence-electron chi connectivity index (χ1n) is 6.68. The van der Waals surface area contributed by atoms with Gasteiger partial charge in [-0.05, 0) is 43.9 Å². The molecule has 1 atom stereocenters. The Morgan fingerprint density at radius 1 is 1.30 bits per heavy atom. The molecule has 1 aliphatic heterocycles. The van der Waals surface area contributed by atoms with Gasteiger partial charge in [0.2, 0.25) is 10.0 Å². The summed E-state index contributed by atoms with van der Waals surface area (Å²) in [5, 5.41) is 3.32. The molecule has 1 aromatic carbocycles. The van der Waals surface area contributed by atoms with Crippen LogP contribution in [0.25, 0.3) is 0 Å². The maximum Gasteiger partial charge on any atom is 0.240 e. The standard InChI is InChI=1S/C14H22N2O2S.ClH/c1-12-4-6-13(7-5-12)19(17,18)16-11-14(2)8-3-9-15-10-14;/h4-7,15-16H,3,8-11H2,1-2H3;1H. The molecular weight excluding hydrogens is 296 g/mol. The average molecular weight is 319 g/mol. The molecule has 1 unspecified atom stereocenters. The number of benzene rings is 1. The lowest BCUT2D eigenvalue weighted by Gasteiger charge is -2.34. The highest BCUT2D eigenvalue weighted by Crippen LogP contribution is 2.25. The van der Waals surface area contributed by atoms with Crippen molar-refractivity contribution in [1.29, 1.82) is 0 Å². The van der Waals surface area contributed by atoms with Crippen molar-refractivity contribution in [2.75, 3.05) is 19.6 Å². The van der Waals surface area contributed by atoms with E-state index in [1.165, 1.54) is 0 Å². The topological polar surface area (TPSA) is 58.2 Å². The van der Waals surface area contributed by atoms with E-state index in [2.05, 4.69) is 17.0 Å². The summed E-state index contributed by atoms with van der Waals surface area (Å²) in [4.78, 5) is 0.338. The second-order valence-corrected chi connectivity index (χ2v) is 7.50. The molecule has 1 fully saturated rings. The summed E-state index contributed by atoms with van der Waals surface area (Å²) >= 11 is 0. The lowest BCUT2D eigenvalue weighted by atomic mass is 9.83. The number of hydrogen-bond acceptors (Lipinski definition) is 3. The van der Waals surface area contributed by atoms with Crippen LogP contribution in [0.5, 0.6) is 0 Å². The molecule has 1 saturated heterocycles. The minimum atomic E-state index is -3.39. The summed E-state index contributed by atoms with van der Waals surface area (Å²) in [5.74, 6) is 0. The lowest BCUT2D eigenvalue weighted by molar-refractivity contribution is 0.238. The second-order valence-electron chi connectivity index (χ2n) is 5.73. The summed E-state index contributed by atoms with van der Waals surface area (Å²) in [6.45, 7) is 6.44. The minimum Gasteiger partial charge on any atom is -0.316 e. The van der Waals surface area contributed by atoms with Crippen LogP contribution >= 0.6 is 12.4 Å². The SMILES string of the molecule is Cc1ccc(S(=O)(=O)NCC2(C)CCCNC2)cc1.Cl. The first-order chi connectivity index (χ1) is 8.91. The molecule has 0 bridgehead atoms. The molecule has 2 rings (SSSR count). The Morgan fingerprint density at radius 2 is 1.95 bits per heavy atom. The molecule has 2 N–H and O–H groups in total. The van der Waals surface area contributed by atoms with Gasteiger partial charge in [-0.1, -0.05) is 24.6 Å². The maximum absolute atomic E-state index is 12.2. The van der Waals surface area contributed by atoms with Gasteiger partial charge in [0, 0.05) is 13.1 Å². The fourth-order valence-electron chi connectivity index (χ4n) is 2.34. The van der Waals surface area contributed by atoms with Crippen molar-refractivity contribution >= 4 is 22.4 Å².